The fourth-order valence-electron chi connectivity index (χ4n) is 2.51. The van der Waals surface area contributed by atoms with Crippen LogP contribution in [0.25, 0.3) is 0 Å². The van der Waals surface area contributed by atoms with Gasteiger partial charge in [0.25, 0.3) is 0 Å². The van der Waals surface area contributed by atoms with Gasteiger partial charge in [0.1, 0.15) is 5.60 Å². The summed E-state index contributed by atoms with van der Waals surface area (Å²) in [6, 6.07) is 8.22. The van der Waals surface area contributed by atoms with Crippen LogP contribution in [0.5, 0.6) is 0 Å². The maximum Gasteiger partial charge on any atom is 0.412 e. The molecule has 1 aromatic rings. The van der Waals surface area contributed by atoms with Crippen LogP contribution >= 0.6 is 0 Å². The van der Waals surface area contributed by atoms with Crippen molar-refractivity contribution in [2.45, 2.75) is 58.0 Å². The number of aryl methyl sites for hydroxylation is 1. The molecule has 1 aliphatic carbocycles. The van der Waals surface area contributed by atoms with Gasteiger partial charge in [-0.05, 0) is 64.2 Å². The van der Waals surface area contributed by atoms with E-state index in [1.54, 1.807) is 0 Å². The van der Waals surface area contributed by atoms with E-state index in [2.05, 4.69) is 11.4 Å². The standard InChI is InChI=1S/C17H22N2O2/c1-12-10-13(17(11-18)8-5-9-17)6-7-14(12)19-15(20)21-16(2,3)4/h6-7,10H,5,8-9H2,1-4H3,(H,19,20). The lowest BCUT2D eigenvalue weighted by Gasteiger charge is -2.36. The minimum Gasteiger partial charge on any atom is -0.444 e. The van der Waals surface area contributed by atoms with Crippen molar-refractivity contribution < 1.29 is 9.53 Å². The molecule has 0 atom stereocenters. The van der Waals surface area contributed by atoms with E-state index in [4.69, 9.17) is 4.74 Å². The normalized spacial score (nSPS) is 16.5. The summed E-state index contributed by atoms with van der Waals surface area (Å²) < 4.78 is 5.25. The zero-order valence-electron chi connectivity index (χ0n) is 13.1. The predicted octanol–water partition coefficient (Wildman–Crippen LogP) is 4.29. The minimum atomic E-state index is -0.519. The molecular formula is C17H22N2O2. The second-order valence-corrected chi connectivity index (χ2v) is 6.70. The highest BCUT2D eigenvalue weighted by molar-refractivity contribution is 5.86. The highest BCUT2D eigenvalue weighted by Crippen LogP contribution is 2.43. The quantitative estimate of drug-likeness (QED) is 0.882. The van der Waals surface area contributed by atoms with E-state index in [9.17, 15) is 10.1 Å². The Labute approximate surface area is 126 Å². The number of benzene rings is 1. The highest BCUT2D eigenvalue weighted by Gasteiger charge is 2.39. The van der Waals surface area contributed by atoms with Crippen LogP contribution in [-0.4, -0.2) is 11.7 Å². The van der Waals surface area contributed by atoms with E-state index in [1.807, 2.05) is 45.9 Å². The Bertz CT molecular complexity index is 590. The molecule has 0 unspecified atom stereocenters. The summed E-state index contributed by atoms with van der Waals surface area (Å²) >= 11 is 0. The molecule has 4 heteroatoms. The fourth-order valence-corrected chi connectivity index (χ4v) is 2.51. The molecule has 0 radical (unpaired) electrons. The molecule has 0 heterocycles. The number of rotatable bonds is 2. The van der Waals surface area contributed by atoms with Gasteiger partial charge in [0.2, 0.25) is 0 Å². The predicted molar refractivity (Wildman–Crippen MR) is 82.2 cm³/mol. The van der Waals surface area contributed by atoms with Crippen molar-refractivity contribution in [1.29, 1.82) is 5.26 Å². The van der Waals surface area contributed by atoms with Crippen molar-refractivity contribution in [3.05, 3.63) is 29.3 Å². The fraction of sp³-hybridized carbons (Fsp3) is 0.529. The Morgan fingerprint density at radius 1 is 1.38 bits per heavy atom. The molecule has 1 aromatic carbocycles. The van der Waals surface area contributed by atoms with Crippen LogP contribution in [0.4, 0.5) is 10.5 Å². The third kappa shape index (κ3) is 3.36. The number of ether oxygens (including phenoxy) is 1. The lowest BCUT2D eigenvalue weighted by molar-refractivity contribution is 0.0636. The van der Waals surface area contributed by atoms with Gasteiger partial charge < -0.3 is 4.74 Å². The molecule has 0 aromatic heterocycles. The van der Waals surface area contributed by atoms with Gasteiger partial charge in [0, 0.05) is 5.69 Å². The van der Waals surface area contributed by atoms with Gasteiger partial charge in [-0.2, -0.15) is 5.26 Å². The van der Waals surface area contributed by atoms with E-state index < -0.39 is 11.7 Å². The van der Waals surface area contributed by atoms with Crippen LogP contribution < -0.4 is 5.32 Å². The van der Waals surface area contributed by atoms with Crippen molar-refractivity contribution in [3.63, 3.8) is 0 Å². The smallest absolute Gasteiger partial charge is 0.412 e. The third-order valence-electron chi connectivity index (χ3n) is 3.84. The average molecular weight is 286 g/mol. The van der Waals surface area contributed by atoms with Crippen LogP contribution in [-0.2, 0) is 10.2 Å². The zero-order valence-corrected chi connectivity index (χ0v) is 13.1. The Morgan fingerprint density at radius 2 is 2.05 bits per heavy atom. The number of hydrogen-bond acceptors (Lipinski definition) is 3. The van der Waals surface area contributed by atoms with E-state index >= 15 is 0 Å². The summed E-state index contributed by atoms with van der Waals surface area (Å²) in [5, 5.41) is 12.1. The van der Waals surface area contributed by atoms with Gasteiger partial charge in [-0.3, -0.25) is 5.32 Å². The van der Waals surface area contributed by atoms with Crippen LogP contribution in [0.15, 0.2) is 18.2 Å². The number of amides is 1. The first-order valence-corrected chi connectivity index (χ1v) is 7.28. The number of nitrogens with one attached hydrogen (secondary N) is 1. The first-order valence-electron chi connectivity index (χ1n) is 7.28. The van der Waals surface area contributed by atoms with Crippen molar-refractivity contribution in [2.24, 2.45) is 0 Å². The number of hydrogen-bond donors (Lipinski definition) is 1. The third-order valence-corrected chi connectivity index (χ3v) is 3.84. The number of nitriles is 1. The van der Waals surface area contributed by atoms with Crippen LogP contribution in [0.1, 0.15) is 51.2 Å². The molecule has 1 saturated carbocycles. The summed E-state index contributed by atoms with van der Waals surface area (Å²) in [7, 11) is 0. The highest BCUT2D eigenvalue weighted by atomic mass is 16.6. The number of carbonyl (C=O) groups excluding carboxylic acids is 1. The second kappa shape index (κ2) is 5.40. The zero-order chi connectivity index (χ0) is 15.7. The molecule has 1 fully saturated rings. The van der Waals surface area contributed by atoms with Gasteiger partial charge in [-0.25, -0.2) is 4.79 Å². The van der Waals surface area contributed by atoms with Crippen LogP contribution in [0.3, 0.4) is 0 Å². The maximum atomic E-state index is 11.8. The molecule has 4 nitrogen and oxygen atoms in total. The summed E-state index contributed by atoms with van der Waals surface area (Å²) in [6.45, 7) is 7.42. The molecule has 0 saturated heterocycles. The van der Waals surface area contributed by atoms with Gasteiger partial charge in [-0.1, -0.05) is 12.1 Å². The van der Waals surface area contributed by atoms with Crippen LogP contribution in [0.2, 0.25) is 0 Å². The molecular weight excluding hydrogens is 264 g/mol. The molecule has 0 aliphatic heterocycles. The summed E-state index contributed by atoms with van der Waals surface area (Å²) in [4.78, 5) is 11.8. The molecule has 1 aliphatic rings. The van der Waals surface area contributed by atoms with Crippen molar-refractivity contribution in [2.75, 3.05) is 5.32 Å². The van der Waals surface area contributed by atoms with E-state index in [0.717, 1.165) is 36.1 Å². The molecule has 0 bridgehead atoms. The van der Waals surface area contributed by atoms with Crippen LogP contribution in [0, 0.1) is 18.3 Å². The lowest BCUT2D eigenvalue weighted by atomic mass is 9.65. The van der Waals surface area contributed by atoms with Gasteiger partial charge in [0.15, 0.2) is 0 Å². The summed E-state index contributed by atoms with van der Waals surface area (Å²) in [6.07, 6.45) is 2.48. The molecule has 1 amide bonds. The monoisotopic (exact) mass is 286 g/mol. The molecule has 0 spiro atoms. The lowest BCUT2D eigenvalue weighted by Crippen LogP contribution is -2.32. The van der Waals surface area contributed by atoms with Gasteiger partial charge in [0.05, 0.1) is 11.5 Å². The Balaban J connectivity index is 2.14. The number of nitrogens with zero attached hydrogens (tertiary/aromatic N) is 1. The Kier molecular flexibility index (Phi) is 3.95. The van der Waals surface area contributed by atoms with E-state index in [-0.39, 0.29) is 5.41 Å². The molecule has 112 valence electrons. The average Bonchev–Trinajstić information content (AvgIpc) is 2.29. The number of carbonyl (C=O) groups is 1. The van der Waals surface area contributed by atoms with Crippen molar-refractivity contribution in [1.82, 2.24) is 0 Å². The Morgan fingerprint density at radius 3 is 2.48 bits per heavy atom. The minimum absolute atomic E-state index is 0.324. The topological polar surface area (TPSA) is 62.1 Å². The largest absolute Gasteiger partial charge is 0.444 e. The maximum absolute atomic E-state index is 11.8. The number of anilines is 1. The second-order valence-electron chi connectivity index (χ2n) is 6.70. The van der Waals surface area contributed by atoms with E-state index in [0.29, 0.717) is 0 Å². The van der Waals surface area contributed by atoms with Crippen molar-refractivity contribution >= 4 is 11.8 Å². The van der Waals surface area contributed by atoms with E-state index in [1.165, 1.54) is 0 Å². The summed E-state index contributed by atoms with van der Waals surface area (Å²) in [5.41, 5.74) is 1.87. The summed E-state index contributed by atoms with van der Waals surface area (Å²) in [5.74, 6) is 0. The van der Waals surface area contributed by atoms with Crippen molar-refractivity contribution in [3.8, 4) is 6.07 Å². The molecule has 1 N–H and O–H groups in total. The Hall–Kier alpha value is -2.02. The SMILES string of the molecule is Cc1cc(C2(C#N)CCC2)ccc1NC(=O)OC(C)(C)C. The van der Waals surface area contributed by atoms with Gasteiger partial charge in [-0.15, -0.1) is 0 Å². The first kappa shape index (κ1) is 15.4. The van der Waals surface area contributed by atoms with Gasteiger partial charge >= 0.3 is 6.09 Å². The first-order chi connectivity index (χ1) is 9.76. The molecule has 2 rings (SSSR count). The molecule has 21 heavy (non-hydrogen) atoms.